The number of carbonyl (C=O) groups is 2. The van der Waals surface area contributed by atoms with Crippen LogP contribution in [0.25, 0.3) is 0 Å². The highest BCUT2D eigenvalue weighted by Crippen LogP contribution is 2.19. The first-order valence-electron chi connectivity index (χ1n) is 6.00. The van der Waals surface area contributed by atoms with Crippen LogP contribution in [0.3, 0.4) is 0 Å². The number of rotatable bonds is 7. The molecule has 2 amide bonds. The number of thioether (sulfide) groups is 1. The quantitative estimate of drug-likeness (QED) is 0.668. The smallest absolute Gasteiger partial charge is 0.325 e. The van der Waals surface area contributed by atoms with Crippen LogP contribution in [0.1, 0.15) is 19.5 Å². The lowest BCUT2D eigenvalue weighted by atomic mass is 10.2. The highest BCUT2D eigenvalue weighted by Gasteiger charge is 2.16. The minimum absolute atomic E-state index is 0.0258. The van der Waals surface area contributed by atoms with Gasteiger partial charge in [0, 0.05) is 11.3 Å². The second kappa shape index (κ2) is 7.13. The molecule has 0 saturated carbocycles. The van der Waals surface area contributed by atoms with Crippen LogP contribution < -0.4 is 10.6 Å². The minimum atomic E-state index is -0.994. The molecule has 0 saturated heterocycles. The fourth-order valence-corrected chi connectivity index (χ4v) is 1.45. The third-order valence-electron chi connectivity index (χ3n) is 2.54. The van der Waals surface area contributed by atoms with Crippen LogP contribution in [0, 0.1) is 0 Å². The van der Waals surface area contributed by atoms with Crippen molar-refractivity contribution >= 4 is 23.8 Å². The first-order chi connectivity index (χ1) is 9.32. The molecule has 9 heteroatoms. The number of aromatic nitrogens is 3. The predicted octanol–water partition coefficient (Wildman–Crippen LogP) is 0.304. The molecule has 20 heavy (non-hydrogen) atoms. The number of carbonyl (C=O) groups excluding carboxylic acids is 1. The number of aliphatic carboxylic acids is 1. The molecule has 0 aliphatic rings. The monoisotopic (exact) mass is 301 g/mol. The summed E-state index contributed by atoms with van der Waals surface area (Å²) < 4.78 is 1.18. The van der Waals surface area contributed by atoms with Gasteiger partial charge in [0.15, 0.2) is 0 Å². The number of hydrogen-bond donors (Lipinski definition) is 3. The second-order valence-electron chi connectivity index (χ2n) is 4.80. The number of carboxylic acids is 1. The summed E-state index contributed by atoms with van der Waals surface area (Å²) >= 11 is 1.67. The predicted molar refractivity (Wildman–Crippen MR) is 75.5 cm³/mol. The molecule has 0 aliphatic carbocycles. The molecule has 0 unspecified atom stereocenters. The van der Waals surface area contributed by atoms with Crippen molar-refractivity contribution < 1.29 is 14.7 Å². The van der Waals surface area contributed by atoms with Crippen LogP contribution in [-0.4, -0.2) is 49.6 Å². The van der Waals surface area contributed by atoms with E-state index >= 15 is 0 Å². The minimum Gasteiger partial charge on any atom is -0.480 e. The summed E-state index contributed by atoms with van der Waals surface area (Å²) in [6, 6.07) is -0.292. The van der Waals surface area contributed by atoms with E-state index in [4.69, 9.17) is 5.11 Å². The SMILES string of the molecule is CSC(C)(C)CNC(=O)NCc1cn(CC(=O)O)nn1. The molecular formula is C11H19N5O3S. The molecule has 0 aromatic carbocycles. The number of amides is 2. The molecule has 1 aromatic rings. The zero-order valence-electron chi connectivity index (χ0n) is 11.7. The molecule has 0 aliphatic heterocycles. The number of nitrogens with zero attached hydrogens (tertiary/aromatic N) is 3. The number of hydrogen-bond acceptors (Lipinski definition) is 5. The Bertz CT molecular complexity index is 474. The van der Waals surface area contributed by atoms with E-state index in [1.165, 1.54) is 10.9 Å². The molecule has 0 fully saturated rings. The largest absolute Gasteiger partial charge is 0.480 e. The summed E-state index contributed by atoms with van der Waals surface area (Å²) in [5, 5.41) is 21.4. The Labute approximate surface area is 121 Å². The zero-order chi connectivity index (χ0) is 15.2. The Morgan fingerprint density at radius 2 is 2.15 bits per heavy atom. The first-order valence-corrected chi connectivity index (χ1v) is 7.22. The summed E-state index contributed by atoms with van der Waals surface area (Å²) in [4.78, 5) is 22.1. The van der Waals surface area contributed by atoms with Crippen molar-refractivity contribution in [2.24, 2.45) is 0 Å². The van der Waals surface area contributed by atoms with Crippen molar-refractivity contribution in [1.29, 1.82) is 0 Å². The van der Waals surface area contributed by atoms with E-state index in [0.717, 1.165) is 0 Å². The summed E-state index contributed by atoms with van der Waals surface area (Å²) in [5.74, 6) is -0.994. The van der Waals surface area contributed by atoms with E-state index in [9.17, 15) is 9.59 Å². The van der Waals surface area contributed by atoms with Gasteiger partial charge in [-0.15, -0.1) is 5.10 Å². The Balaban J connectivity index is 2.34. The van der Waals surface area contributed by atoms with Crippen LogP contribution in [-0.2, 0) is 17.9 Å². The molecule has 0 radical (unpaired) electrons. The third kappa shape index (κ3) is 5.91. The van der Waals surface area contributed by atoms with Gasteiger partial charge < -0.3 is 15.7 Å². The van der Waals surface area contributed by atoms with Crippen molar-refractivity contribution in [3.63, 3.8) is 0 Å². The summed E-state index contributed by atoms with van der Waals surface area (Å²) in [6.07, 6.45) is 3.47. The van der Waals surface area contributed by atoms with Gasteiger partial charge in [-0.3, -0.25) is 4.79 Å². The molecule has 0 atom stereocenters. The average Bonchev–Trinajstić information content (AvgIpc) is 2.81. The Morgan fingerprint density at radius 3 is 2.75 bits per heavy atom. The van der Waals surface area contributed by atoms with Crippen molar-refractivity contribution in [2.75, 3.05) is 12.8 Å². The average molecular weight is 301 g/mol. The van der Waals surface area contributed by atoms with Gasteiger partial charge in [0.2, 0.25) is 0 Å². The van der Waals surface area contributed by atoms with E-state index in [-0.39, 0.29) is 23.9 Å². The molecule has 1 aromatic heterocycles. The fourth-order valence-electron chi connectivity index (χ4n) is 1.23. The topological polar surface area (TPSA) is 109 Å². The van der Waals surface area contributed by atoms with Gasteiger partial charge in [-0.05, 0) is 20.1 Å². The second-order valence-corrected chi connectivity index (χ2v) is 6.31. The fraction of sp³-hybridized carbons (Fsp3) is 0.636. The first kappa shape index (κ1) is 16.3. The van der Waals surface area contributed by atoms with E-state index in [1.807, 2.05) is 20.1 Å². The van der Waals surface area contributed by atoms with Crippen LogP contribution in [0.5, 0.6) is 0 Å². The Hall–Kier alpha value is -1.77. The van der Waals surface area contributed by atoms with Crippen LogP contribution >= 0.6 is 11.8 Å². The lowest BCUT2D eigenvalue weighted by Gasteiger charge is -2.22. The zero-order valence-corrected chi connectivity index (χ0v) is 12.5. The molecule has 8 nitrogen and oxygen atoms in total. The van der Waals surface area contributed by atoms with Gasteiger partial charge in [-0.25, -0.2) is 9.48 Å². The number of carboxylic acid groups (broad SMARTS) is 1. The molecule has 3 N–H and O–H groups in total. The van der Waals surface area contributed by atoms with Gasteiger partial charge in [0.25, 0.3) is 0 Å². The van der Waals surface area contributed by atoms with Gasteiger partial charge >= 0.3 is 12.0 Å². The van der Waals surface area contributed by atoms with Crippen molar-refractivity contribution in [1.82, 2.24) is 25.6 Å². The maximum atomic E-state index is 11.6. The lowest BCUT2D eigenvalue weighted by Crippen LogP contribution is -2.41. The molecule has 112 valence electrons. The summed E-state index contributed by atoms with van der Waals surface area (Å²) in [5.41, 5.74) is 0.505. The van der Waals surface area contributed by atoms with E-state index in [1.54, 1.807) is 11.8 Å². The highest BCUT2D eigenvalue weighted by molar-refractivity contribution is 7.99. The van der Waals surface area contributed by atoms with E-state index in [0.29, 0.717) is 12.2 Å². The van der Waals surface area contributed by atoms with E-state index < -0.39 is 5.97 Å². The van der Waals surface area contributed by atoms with Crippen LogP contribution in [0.15, 0.2) is 6.20 Å². The molecular weight excluding hydrogens is 282 g/mol. The summed E-state index contributed by atoms with van der Waals surface area (Å²) in [6.45, 7) is 4.57. The van der Waals surface area contributed by atoms with Gasteiger partial charge in [0.1, 0.15) is 12.2 Å². The molecule has 1 heterocycles. The van der Waals surface area contributed by atoms with Gasteiger partial charge in [0.05, 0.1) is 12.7 Å². The van der Waals surface area contributed by atoms with Gasteiger partial charge in [-0.2, -0.15) is 11.8 Å². The Kier molecular flexibility index (Phi) is 5.81. The van der Waals surface area contributed by atoms with Crippen molar-refractivity contribution in [3.8, 4) is 0 Å². The highest BCUT2D eigenvalue weighted by atomic mass is 32.2. The third-order valence-corrected chi connectivity index (χ3v) is 3.79. The standard InChI is InChI=1S/C11H19N5O3S/c1-11(2,20-3)7-13-10(19)12-4-8-5-16(15-14-8)6-9(17)18/h5H,4,6-7H2,1-3H3,(H,17,18)(H2,12,13,19). The normalized spacial score (nSPS) is 11.2. The van der Waals surface area contributed by atoms with E-state index in [2.05, 4.69) is 20.9 Å². The van der Waals surface area contributed by atoms with Crippen LogP contribution in [0.4, 0.5) is 4.79 Å². The maximum absolute atomic E-state index is 11.6. The van der Waals surface area contributed by atoms with Crippen molar-refractivity contribution in [3.05, 3.63) is 11.9 Å². The summed E-state index contributed by atoms with van der Waals surface area (Å²) in [7, 11) is 0. The molecule has 1 rings (SSSR count). The van der Waals surface area contributed by atoms with Gasteiger partial charge in [-0.1, -0.05) is 5.21 Å². The number of urea groups is 1. The molecule has 0 spiro atoms. The number of nitrogens with one attached hydrogen (secondary N) is 2. The lowest BCUT2D eigenvalue weighted by molar-refractivity contribution is -0.137. The Morgan fingerprint density at radius 1 is 1.45 bits per heavy atom. The van der Waals surface area contributed by atoms with Crippen molar-refractivity contribution in [2.45, 2.75) is 31.7 Å². The maximum Gasteiger partial charge on any atom is 0.325 e. The van der Waals surface area contributed by atoms with Crippen LogP contribution in [0.2, 0.25) is 0 Å². The molecule has 0 bridgehead atoms.